The SMILES string of the molecule is Fc1ccc(CN2CCCC2CNc2nccc(N3CCCCCC3)n2)cc1. The first kappa shape index (κ1) is 19.1. The summed E-state index contributed by atoms with van der Waals surface area (Å²) in [5, 5.41) is 3.46. The zero-order valence-corrected chi connectivity index (χ0v) is 16.5. The molecule has 5 nitrogen and oxygen atoms in total. The minimum absolute atomic E-state index is 0.176. The van der Waals surface area contributed by atoms with Crippen LogP contribution in [0.5, 0.6) is 0 Å². The number of nitrogens with zero attached hydrogens (tertiary/aromatic N) is 4. The standard InChI is InChI=1S/C22H30FN5/c23-19-9-7-18(8-10-19)17-28-15-5-6-20(28)16-25-22-24-12-11-21(26-22)27-13-3-1-2-4-14-27/h7-12,20H,1-6,13-17H2,(H,24,25,26). The second kappa shape index (κ2) is 9.32. The maximum atomic E-state index is 13.1. The molecule has 2 saturated heterocycles. The van der Waals surface area contributed by atoms with Crippen LogP contribution in [0.1, 0.15) is 44.1 Å². The highest BCUT2D eigenvalue weighted by molar-refractivity contribution is 5.42. The summed E-state index contributed by atoms with van der Waals surface area (Å²) in [5.41, 5.74) is 1.16. The van der Waals surface area contributed by atoms with Gasteiger partial charge >= 0.3 is 0 Å². The molecule has 3 heterocycles. The quantitative estimate of drug-likeness (QED) is 0.815. The van der Waals surface area contributed by atoms with Crippen LogP contribution in [0.3, 0.4) is 0 Å². The number of hydrogen-bond donors (Lipinski definition) is 1. The van der Waals surface area contributed by atoms with Gasteiger partial charge in [-0.1, -0.05) is 25.0 Å². The van der Waals surface area contributed by atoms with E-state index in [1.165, 1.54) is 38.5 Å². The topological polar surface area (TPSA) is 44.3 Å². The van der Waals surface area contributed by atoms with Crippen molar-refractivity contribution in [2.75, 3.05) is 36.4 Å². The number of benzene rings is 1. The monoisotopic (exact) mass is 383 g/mol. The lowest BCUT2D eigenvalue weighted by atomic mass is 10.2. The Morgan fingerprint density at radius 1 is 0.964 bits per heavy atom. The molecule has 2 aromatic rings. The highest BCUT2D eigenvalue weighted by atomic mass is 19.1. The van der Waals surface area contributed by atoms with Gasteiger partial charge in [-0.2, -0.15) is 4.98 Å². The molecule has 1 atom stereocenters. The molecular formula is C22H30FN5. The number of aromatic nitrogens is 2. The van der Waals surface area contributed by atoms with E-state index in [1.54, 1.807) is 12.1 Å². The molecule has 0 radical (unpaired) electrons. The second-order valence-corrected chi connectivity index (χ2v) is 7.91. The molecule has 2 aliphatic heterocycles. The fourth-order valence-electron chi connectivity index (χ4n) is 4.28. The number of likely N-dealkylation sites (tertiary alicyclic amines) is 1. The van der Waals surface area contributed by atoms with Gasteiger partial charge < -0.3 is 10.2 Å². The molecule has 1 unspecified atom stereocenters. The normalized spacial score (nSPS) is 20.9. The lowest BCUT2D eigenvalue weighted by Crippen LogP contribution is -2.34. The molecule has 0 amide bonds. The molecule has 1 N–H and O–H groups in total. The van der Waals surface area contributed by atoms with E-state index in [9.17, 15) is 4.39 Å². The van der Waals surface area contributed by atoms with Crippen molar-refractivity contribution in [3.8, 4) is 0 Å². The first-order valence-electron chi connectivity index (χ1n) is 10.6. The third-order valence-corrected chi connectivity index (χ3v) is 5.86. The fraction of sp³-hybridized carbons (Fsp3) is 0.545. The van der Waals surface area contributed by atoms with Crippen LogP contribution in [0.15, 0.2) is 36.5 Å². The summed E-state index contributed by atoms with van der Waals surface area (Å²) in [5.74, 6) is 1.58. The molecule has 0 aliphatic carbocycles. The van der Waals surface area contributed by atoms with Crippen molar-refractivity contribution in [2.45, 2.75) is 51.1 Å². The van der Waals surface area contributed by atoms with Crippen LogP contribution in [0.2, 0.25) is 0 Å². The molecule has 0 bridgehead atoms. The molecule has 28 heavy (non-hydrogen) atoms. The third kappa shape index (κ3) is 4.98. The average Bonchev–Trinajstić information content (AvgIpc) is 2.98. The van der Waals surface area contributed by atoms with Crippen molar-refractivity contribution in [1.82, 2.24) is 14.9 Å². The summed E-state index contributed by atoms with van der Waals surface area (Å²) in [6, 6.07) is 9.32. The van der Waals surface area contributed by atoms with Crippen molar-refractivity contribution in [2.24, 2.45) is 0 Å². The Hall–Kier alpha value is -2.21. The van der Waals surface area contributed by atoms with Gasteiger partial charge in [0, 0.05) is 38.4 Å². The van der Waals surface area contributed by atoms with Gasteiger partial charge in [-0.05, 0) is 56.0 Å². The molecule has 1 aromatic carbocycles. The van der Waals surface area contributed by atoms with E-state index in [2.05, 4.69) is 20.1 Å². The van der Waals surface area contributed by atoms with E-state index in [4.69, 9.17) is 4.98 Å². The third-order valence-electron chi connectivity index (χ3n) is 5.86. The van der Waals surface area contributed by atoms with Crippen LogP contribution in [-0.2, 0) is 6.54 Å². The lowest BCUT2D eigenvalue weighted by molar-refractivity contribution is 0.254. The molecule has 1 aromatic heterocycles. The Morgan fingerprint density at radius 3 is 2.54 bits per heavy atom. The summed E-state index contributed by atoms with van der Waals surface area (Å²) < 4.78 is 13.1. The van der Waals surface area contributed by atoms with Gasteiger partial charge in [0.05, 0.1) is 0 Å². The van der Waals surface area contributed by atoms with Crippen LogP contribution < -0.4 is 10.2 Å². The van der Waals surface area contributed by atoms with Crippen LogP contribution in [0.25, 0.3) is 0 Å². The summed E-state index contributed by atoms with van der Waals surface area (Å²) in [6.07, 6.45) is 9.35. The number of rotatable bonds is 6. The Labute approximate surface area is 167 Å². The fourth-order valence-corrected chi connectivity index (χ4v) is 4.28. The van der Waals surface area contributed by atoms with Gasteiger partial charge in [0.2, 0.25) is 5.95 Å². The van der Waals surface area contributed by atoms with Crippen LogP contribution in [0, 0.1) is 5.82 Å². The molecule has 150 valence electrons. The molecular weight excluding hydrogens is 353 g/mol. The Bertz CT molecular complexity index is 743. The molecule has 2 aliphatic rings. The van der Waals surface area contributed by atoms with Gasteiger partial charge in [0.25, 0.3) is 0 Å². The van der Waals surface area contributed by atoms with Gasteiger partial charge in [-0.25, -0.2) is 9.37 Å². The molecule has 6 heteroatoms. The van der Waals surface area contributed by atoms with E-state index in [0.717, 1.165) is 50.1 Å². The second-order valence-electron chi connectivity index (χ2n) is 7.91. The Balaban J connectivity index is 1.34. The first-order chi connectivity index (χ1) is 13.8. The largest absolute Gasteiger partial charge is 0.356 e. The lowest BCUT2D eigenvalue weighted by Gasteiger charge is -2.25. The van der Waals surface area contributed by atoms with Crippen LogP contribution in [0.4, 0.5) is 16.2 Å². The zero-order valence-electron chi connectivity index (χ0n) is 16.5. The summed E-state index contributed by atoms with van der Waals surface area (Å²) in [7, 11) is 0. The molecule has 0 spiro atoms. The summed E-state index contributed by atoms with van der Waals surface area (Å²) in [4.78, 5) is 14.0. The predicted octanol–water partition coefficient (Wildman–Crippen LogP) is 4.07. The predicted molar refractivity (Wildman–Crippen MR) is 111 cm³/mol. The van der Waals surface area contributed by atoms with E-state index in [0.29, 0.717) is 6.04 Å². The van der Waals surface area contributed by atoms with Gasteiger partial charge in [-0.15, -0.1) is 0 Å². The smallest absolute Gasteiger partial charge is 0.224 e. The van der Waals surface area contributed by atoms with Crippen LogP contribution in [-0.4, -0.2) is 47.1 Å². The van der Waals surface area contributed by atoms with Crippen LogP contribution >= 0.6 is 0 Å². The number of anilines is 2. The number of halogens is 1. The van der Waals surface area contributed by atoms with Crippen molar-refractivity contribution >= 4 is 11.8 Å². The minimum Gasteiger partial charge on any atom is -0.356 e. The molecule has 4 rings (SSSR count). The van der Waals surface area contributed by atoms with E-state index in [1.807, 2.05) is 24.4 Å². The summed E-state index contributed by atoms with van der Waals surface area (Å²) >= 11 is 0. The number of nitrogens with one attached hydrogen (secondary N) is 1. The minimum atomic E-state index is -0.176. The van der Waals surface area contributed by atoms with Crippen molar-refractivity contribution < 1.29 is 4.39 Å². The van der Waals surface area contributed by atoms with Crippen molar-refractivity contribution in [3.63, 3.8) is 0 Å². The zero-order chi connectivity index (χ0) is 19.2. The highest BCUT2D eigenvalue weighted by Gasteiger charge is 2.24. The highest BCUT2D eigenvalue weighted by Crippen LogP contribution is 2.22. The Morgan fingerprint density at radius 2 is 1.75 bits per heavy atom. The Kier molecular flexibility index (Phi) is 6.37. The number of hydrogen-bond acceptors (Lipinski definition) is 5. The van der Waals surface area contributed by atoms with Crippen molar-refractivity contribution in [1.29, 1.82) is 0 Å². The molecule has 0 saturated carbocycles. The van der Waals surface area contributed by atoms with E-state index in [-0.39, 0.29) is 5.82 Å². The van der Waals surface area contributed by atoms with Crippen molar-refractivity contribution in [3.05, 3.63) is 47.9 Å². The van der Waals surface area contributed by atoms with Gasteiger partial charge in [-0.3, -0.25) is 4.90 Å². The maximum absolute atomic E-state index is 13.1. The molecule has 2 fully saturated rings. The van der Waals surface area contributed by atoms with Gasteiger partial charge in [0.1, 0.15) is 11.6 Å². The van der Waals surface area contributed by atoms with E-state index < -0.39 is 0 Å². The van der Waals surface area contributed by atoms with E-state index >= 15 is 0 Å². The average molecular weight is 384 g/mol. The first-order valence-corrected chi connectivity index (χ1v) is 10.6. The summed E-state index contributed by atoms with van der Waals surface area (Å²) in [6.45, 7) is 4.96. The van der Waals surface area contributed by atoms with Gasteiger partial charge in [0.15, 0.2) is 0 Å². The maximum Gasteiger partial charge on any atom is 0.224 e.